The molecule has 3 nitrogen and oxygen atoms in total. The molecule has 1 aliphatic rings. The highest BCUT2D eigenvalue weighted by Crippen LogP contribution is 2.19. The second-order valence-electron chi connectivity index (χ2n) is 3.80. The van der Waals surface area contributed by atoms with Crippen molar-refractivity contribution in [2.45, 2.75) is 12.8 Å². The summed E-state index contributed by atoms with van der Waals surface area (Å²) in [5.41, 5.74) is 1.81. The lowest BCUT2D eigenvalue weighted by Gasteiger charge is -2.15. The number of hydrogen-bond acceptors (Lipinski definition) is 3. The van der Waals surface area contributed by atoms with Crippen LogP contribution in [0.5, 0.6) is 5.88 Å². The minimum atomic E-state index is -0.280. The molecule has 1 aromatic heterocycles. The van der Waals surface area contributed by atoms with E-state index in [1.165, 1.54) is 24.9 Å². The molecule has 17 heavy (non-hydrogen) atoms. The Morgan fingerprint density at radius 2 is 2.12 bits per heavy atom. The Balaban J connectivity index is 0.00000144. The normalized spacial score (nSPS) is 15.1. The molecule has 0 bridgehead atoms. The molecule has 0 spiro atoms. The van der Waals surface area contributed by atoms with E-state index in [1.807, 2.05) is 6.08 Å². The highest BCUT2D eigenvalue weighted by molar-refractivity contribution is 5.85. The van der Waals surface area contributed by atoms with Gasteiger partial charge in [0.25, 0.3) is 0 Å². The topological polar surface area (TPSA) is 34.1 Å². The molecule has 1 N–H and O–H groups in total. The quantitative estimate of drug-likeness (QED) is 0.885. The van der Waals surface area contributed by atoms with Gasteiger partial charge in [-0.3, -0.25) is 0 Å². The number of halogens is 2. The first-order chi connectivity index (χ1) is 7.79. The van der Waals surface area contributed by atoms with E-state index in [0.717, 1.165) is 25.9 Å². The molecule has 2 heterocycles. The van der Waals surface area contributed by atoms with Crippen molar-refractivity contribution >= 4 is 18.5 Å². The molecule has 1 aromatic rings. The average Bonchev–Trinajstić information content (AvgIpc) is 2.33. The van der Waals surface area contributed by atoms with Crippen LogP contribution in [0, 0.1) is 5.82 Å². The van der Waals surface area contributed by atoms with E-state index in [-0.39, 0.29) is 18.2 Å². The van der Waals surface area contributed by atoms with Crippen LogP contribution < -0.4 is 10.1 Å². The van der Waals surface area contributed by atoms with Gasteiger partial charge in [0, 0.05) is 17.8 Å². The summed E-state index contributed by atoms with van der Waals surface area (Å²) in [6.45, 7) is 1.94. The number of hydrogen-bond donors (Lipinski definition) is 1. The zero-order valence-corrected chi connectivity index (χ0v) is 10.5. The largest absolute Gasteiger partial charge is 0.481 e. The van der Waals surface area contributed by atoms with Crippen molar-refractivity contribution in [1.29, 1.82) is 0 Å². The van der Waals surface area contributed by atoms with Gasteiger partial charge in [-0.25, -0.2) is 9.37 Å². The van der Waals surface area contributed by atoms with Gasteiger partial charge >= 0.3 is 0 Å². The van der Waals surface area contributed by atoms with Crippen LogP contribution >= 0.6 is 12.4 Å². The van der Waals surface area contributed by atoms with E-state index < -0.39 is 0 Å². The molecule has 0 atom stereocenters. The first-order valence-electron chi connectivity index (χ1n) is 5.39. The molecule has 0 radical (unpaired) electrons. The van der Waals surface area contributed by atoms with E-state index in [1.54, 1.807) is 0 Å². The Bertz CT molecular complexity index is 401. The molecule has 0 aliphatic carbocycles. The Labute approximate surface area is 106 Å². The van der Waals surface area contributed by atoms with Crippen LogP contribution in [0.25, 0.3) is 6.08 Å². The lowest BCUT2D eigenvalue weighted by molar-refractivity contribution is 0.394. The van der Waals surface area contributed by atoms with Crippen molar-refractivity contribution < 1.29 is 9.13 Å². The molecular weight excluding hydrogens is 243 g/mol. The summed E-state index contributed by atoms with van der Waals surface area (Å²) in [7, 11) is 1.48. The van der Waals surface area contributed by atoms with Crippen molar-refractivity contribution in [3.05, 3.63) is 29.2 Å². The maximum atomic E-state index is 13.6. The lowest BCUT2D eigenvalue weighted by Crippen LogP contribution is -2.22. The van der Waals surface area contributed by atoms with Gasteiger partial charge in [-0.2, -0.15) is 0 Å². The van der Waals surface area contributed by atoms with E-state index in [4.69, 9.17) is 4.74 Å². The standard InChI is InChI=1S/C12H15FN2O.ClH/c1-16-12-7-11(13)10(8-15-12)6-9-2-4-14-5-3-9;/h6-8,14H,2-5H2,1H3;1H. The Hall–Kier alpha value is -1.13. The lowest BCUT2D eigenvalue weighted by atomic mass is 10.0. The van der Waals surface area contributed by atoms with Gasteiger partial charge in [-0.05, 0) is 25.9 Å². The molecule has 0 saturated carbocycles. The summed E-state index contributed by atoms with van der Waals surface area (Å²) in [4.78, 5) is 4.00. The monoisotopic (exact) mass is 258 g/mol. The van der Waals surface area contributed by atoms with Crippen molar-refractivity contribution in [3.63, 3.8) is 0 Å². The number of rotatable bonds is 2. The van der Waals surface area contributed by atoms with Gasteiger partial charge in [0.15, 0.2) is 0 Å². The molecule has 5 heteroatoms. The average molecular weight is 259 g/mol. The summed E-state index contributed by atoms with van der Waals surface area (Å²) < 4.78 is 18.5. The molecule has 2 rings (SSSR count). The number of nitrogens with zero attached hydrogens (tertiary/aromatic N) is 1. The van der Waals surface area contributed by atoms with Crippen LogP contribution in [-0.2, 0) is 0 Å². The maximum absolute atomic E-state index is 13.6. The van der Waals surface area contributed by atoms with E-state index in [0.29, 0.717) is 11.4 Å². The predicted molar refractivity (Wildman–Crippen MR) is 68.1 cm³/mol. The molecule has 94 valence electrons. The number of nitrogens with one attached hydrogen (secondary N) is 1. The summed E-state index contributed by atoms with van der Waals surface area (Å²) >= 11 is 0. The second-order valence-corrected chi connectivity index (χ2v) is 3.80. The molecule has 0 unspecified atom stereocenters. The molecule has 1 fully saturated rings. The van der Waals surface area contributed by atoms with Gasteiger partial charge in [-0.15, -0.1) is 12.4 Å². The summed E-state index contributed by atoms with van der Waals surface area (Å²) in [5.74, 6) is 0.0304. The summed E-state index contributed by atoms with van der Waals surface area (Å²) in [6, 6.07) is 1.31. The second kappa shape index (κ2) is 6.57. The number of ether oxygens (including phenoxy) is 1. The minimum absolute atomic E-state index is 0. The maximum Gasteiger partial charge on any atom is 0.215 e. The third-order valence-electron chi connectivity index (χ3n) is 2.67. The fourth-order valence-electron chi connectivity index (χ4n) is 1.75. The number of methoxy groups -OCH3 is 1. The predicted octanol–water partition coefficient (Wildman–Crippen LogP) is 2.42. The molecule has 1 saturated heterocycles. The van der Waals surface area contributed by atoms with Crippen LogP contribution in [0.2, 0.25) is 0 Å². The number of aromatic nitrogens is 1. The van der Waals surface area contributed by atoms with Gasteiger partial charge in [0.05, 0.1) is 7.11 Å². The van der Waals surface area contributed by atoms with Gasteiger partial charge < -0.3 is 10.1 Å². The highest BCUT2D eigenvalue weighted by atomic mass is 35.5. The molecule has 0 amide bonds. The van der Waals surface area contributed by atoms with Crippen LogP contribution in [0.3, 0.4) is 0 Å². The SMILES string of the molecule is COc1cc(F)c(C=C2CCNCC2)cn1.Cl. The fraction of sp³-hybridized carbons (Fsp3) is 0.417. The number of pyridine rings is 1. The first kappa shape index (κ1) is 13.9. The molecule has 0 aromatic carbocycles. The van der Waals surface area contributed by atoms with Crippen molar-refractivity contribution in [1.82, 2.24) is 10.3 Å². The zero-order valence-electron chi connectivity index (χ0n) is 9.70. The zero-order chi connectivity index (χ0) is 11.4. The van der Waals surface area contributed by atoms with Crippen LogP contribution in [0.1, 0.15) is 18.4 Å². The van der Waals surface area contributed by atoms with Crippen molar-refractivity contribution in [3.8, 4) is 5.88 Å². The Morgan fingerprint density at radius 1 is 1.41 bits per heavy atom. The van der Waals surface area contributed by atoms with E-state index in [2.05, 4.69) is 10.3 Å². The van der Waals surface area contributed by atoms with E-state index >= 15 is 0 Å². The van der Waals surface area contributed by atoms with E-state index in [9.17, 15) is 4.39 Å². The smallest absolute Gasteiger partial charge is 0.215 e. The van der Waals surface area contributed by atoms with Gasteiger partial charge in [-0.1, -0.05) is 11.6 Å². The van der Waals surface area contributed by atoms with Crippen LogP contribution in [0.15, 0.2) is 17.8 Å². The van der Waals surface area contributed by atoms with Gasteiger partial charge in [0.2, 0.25) is 5.88 Å². The van der Waals surface area contributed by atoms with Crippen molar-refractivity contribution in [2.24, 2.45) is 0 Å². The van der Waals surface area contributed by atoms with Crippen molar-refractivity contribution in [2.75, 3.05) is 20.2 Å². The molecular formula is C12H16ClFN2O. The number of piperidine rings is 1. The summed E-state index contributed by atoms with van der Waals surface area (Å²) in [6.07, 6.45) is 5.36. The Kier molecular flexibility index (Phi) is 5.38. The highest BCUT2D eigenvalue weighted by Gasteiger charge is 2.07. The minimum Gasteiger partial charge on any atom is -0.481 e. The third kappa shape index (κ3) is 3.68. The molecule has 1 aliphatic heterocycles. The van der Waals surface area contributed by atoms with Crippen LogP contribution in [0.4, 0.5) is 4.39 Å². The Morgan fingerprint density at radius 3 is 2.71 bits per heavy atom. The summed E-state index contributed by atoms with van der Waals surface area (Å²) in [5, 5.41) is 3.26. The first-order valence-corrected chi connectivity index (χ1v) is 5.39. The fourth-order valence-corrected chi connectivity index (χ4v) is 1.75. The third-order valence-corrected chi connectivity index (χ3v) is 2.67. The van der Waals surface area contributed by atoms with Crippen LogP contribution in [-0.4, -0.2) is 25.2 Å². The van der Waals surface area contributed by atoms with Gasteiger partial charge in [0.1, 0.15) is 5.82 Å².